The number of hydrogen-bond acceptors (Lipinski definition) is 5. The maximum atomic E-state index is 13.7. The van der Waals surface area contributed by atoms with Crippen LogP contribution in [0, 0.1) is 6.92 Å². The highest BCUT2D eigenvalue weighted by atomic mass is 79.9. The molecule has 0 aliphatic carbocycles. The molecule has 7 nitrogen and oxygen atoms in total. The van der Waals surface area contributed by atoms with Crippen molar-refractivity contribution in [2.45, 2.75) is 32.5 Å². The number of pyridine rings is 1. The van der Waals surface area contributed by atoms with Gasteiger partial charge in [-0.25, -0.2) is 4.98 Å². The number of nitrogens with two attached hydrogens (primary N) is 1. The van der Waals surface area contributed by atoms with Gasteiger partial charge in [-0.2, -0.15) is 18.3 Å². The predicted molar refractivity (Wildman–Crippen MR) is 131 cm³/mol. The van der Waals surface area contributed by atoms with Crippen LogP contribution >= 0.6 is 27.3 Å². The molecule has 182 valence electrons. The van der Waals surface area contributed by atoms with Gasteiger partial charge >= 0.3 is 6.18 Å². The van der Waals surface area contributed by atoms with E-state index >= 15 is 0 Å². The number of rotatable bonds is 6. The smallest absolute Gasteiger partial charge is 0.365 e. The van der Waals surface area contributed by atoms with Crippen LogP contribution in [0.4, 0.5) is 18.9 Å². The Morgan fingerprint density at radius 1 is 1.26 bits per heavy atom. The van der Waals surface area contributed by atoms with Gasteiger partial charge in [0.1, 0.15) is 21.4 Å². The van der Waals surface area contributed by atoms with Crippen molar-refractivity contribution in [3.63, 3.8) is 0 Å². The number of nitrogens with zero attached hydrogens (tertiary/aromatic N) is 3. The first kappa shape index (κ1) is 24.9. The quantitative estimate of drug-likeness (QED) is 0.302. The number of primary amides is 1. The number of nitrogens with one attached hydrogen (secondary N) is 1. The maximum absolute atomic E-state index is 13.7. The van der Waals surface area contributed by atoms with Gasteiger partial charge in [-0.15, -0.1) is 11.3 Å². The number of thiophene rings is 1. The second kappa shape index (κ2) is 9.42. The highest BCUT2D eigenvalue weighted by molar-refractivity contribution is 9.10. The Kier molecular flexibility index (Phi) is 6.69. The number of amides is 2. The lowest BCUT2D eigenvalue weighted by atomic mass is 10.00. The lowest BCUT2D eigenvalue weighted by Gasteiger charge is -2.17. The van der Waals surface area contributed by atoms with Crippen LogP contribution in [0.25, 0.3) is 21.3 Å². The first-order chi connectivity index (χ1) is 16.5. The number of halogens is 4. The molecule has 1 unspecified atom stereocenters. The lowest BCUT2D eigenvalue weighted by molar-refractivity contribution is -0.140. The van der Waals surface area contributed by atoms with Gasteiger partial charge in [-0.1, -0.05) is 36.8 Å². The minimum absolute atomic E-state index is 0.0315. The predicted octanol–water partition coefficient (Wildman–Crippen LogP) is 5.94. The van der Waals surface area contributed by atoms with E-state index in [1.54, 1.807) is 37.4 Å². The Morgan fingerprint density at radius 2 is 1.94 bits per heavy atom. The second-order valence-electron chi connectivity index (χ2n) is 7.82. The summed E-state index contributed by atoms with van der Waals surface area (Å²) < 4.78 is 43.1. The van der Waals surface area contributed by atoms with E-state index < -0.39 is 29.7 Å². The van der Waals surface area contributed by atoms with Gasteiger partial charge in [0.25, 0.3) is 5.91 Å². The second-order valence-corrected chi connectivity index (χ2v) is 9.74. The average molecular weight is 566 g/mol. The first-order valence-corrected chi connectivity index (χ1v) is 12.0. The van der Waals surface area contributed by atoms with Crippen LogP contribution in [0.15, 0.2) is 47.2 Å². The summed E-state index contributed by atoms with van der Waals surface area (Å²) in [5, 5.41) is 7.09. The highest BCUT2D eigenvalue weighted by Gasteiger charge is 2.35. The molecule has 0 saturated carbocycles. The van der Waals surface area contributed by atoms with Crippen LogP contribution in [0.5, 0.6) is 0 Å². The molecular weight excluding hydrogens is 547 g/mol. The van der Waals surface area contributed by atoms with Gasteiger partial charge in [-0.05, 0) is 46.5 Å². The van der Waals surface area contributed by atoms with Crippen LogP contribution in [-0.4, -0.2) is 26.6 Å². The summed E-state index contributed by atoms with van der Waals surface area (Å²) in [5.41, 5.74) is 6.05. The van der Waals surface area contributed by atoms with E-state index in [2.05, 4.69) is 31.3 Å². The normalized spacial score (nSPS) is 12.6. The summed E-state index contributed by atoms with van der Waals surface area (Å²) in [6.07, 6.45) is -1.18. The van der Waals surface area contributed by atoms with Crippen LogP contribution in [0.1, 0.15) is 40.3 Å². The van der Waals surface area contributed by atoms with Gasteiger partial charge in [0.15, 0.2) is 0 Å². The van der Waals surface area contributed by atoms with Crippen molar-refractivity contribution in [3.05, 3.63) is 63.3 Å². The summed E-state index contributed by atoms with van der Waals surface area (Å²) in [6.45, 7) is 3.64. The number of aromatic nitrogens is 3. The molecular formula is C23H19BrF3N5O2S. The zero-order valence-electron chi connectivity index (χ0n) is 18.5. The molecule has 4 aromatic rings. The summed E-state index contributed by atoms with van der Waals surface area (Å²) >= 11 is 4.00. The Morgan fingerprint density at radius 3 is 2.49 bits per heavy atom. The monoisotopic (exact) mass is 565 g/mol. The van der Waals surface area contributed by atoms with Crippen LogP contribution in [-0.2, 0) is 11.0 Å². The van der Waals surface area contributed by atoms with E-state index in [-0.39, 0.29) is 26.3 Å². The number of anilines is 1. The standard InChI is InChI=1S/C23H19BrF3N5O2S/c1-3-15(32-10-13(24)9-29-32)21(34)31-18-17-14(12-6-4-11(2)5-7-12)8-16(23(25,26)27)30-22(17)35-19(18)20(28)33/h4-10,15H,3H2,1-2H3,(H2,28,33)(H,31,34). The lowest BCUT2D eigenvalue weighted by Crippen LogP contribution is -2.27. The van der Waals surface area contributed by atoms with Gasteiger partial charge in [-0.3, -0.25) is 14.3 Å². The molecule has 0 aliphatic heterocycles. The SMILES string of the molecule is CCC(C(=O)Nc1c(C(N)=O)sc2nc(C(F)(F)F)cc(-c3ccc(C)cc3)c12)n1cc(Br)cn1. The maximum Gasteiger partial charge on any atom is 0.433 e. The average Bonchev–Trinajstić information content (AvgIpc) is 3.37. The molecule has 4 rings (SSSR count). The molecule has 0 radical (unpaired) electrons. The molecule has 3 aromatic heterocycles. The summed E-state index contributed by atoms with van der Waals surface area (Å²) in [7, 11) is 0. The number of carbonyl (C=O) groups excluding carboxylic acids is 2. The molecule has 0 fully saturated rings. The molecule has 0 bridgehead atoms. The highest BCUT2D eigenvalue weighted by Crippen LogP contribution is 2.44. The van der Waals surface area contributed by atoms with Crippen molar-refractivity contribution in [2.75, 3.05) is 5.32 Å². The summed E-state index contributed by atoms with van der Waals surface area (Å²) in [5.74, 6) is -1.39. The van der Waals surface area contributed by atoms with E-state index in [1.807, 2.05) is 6.92 Å². The van der Waals surface area contributed by atoms with Gasteiger partial charge in [0.2, 0.25) is 5.91 Å². The summed E-state index contributed by atoms with van der Waals surface area (Å²) in [6, 6.07) is 7.06. The van der Waals surface area contributed by atoms with E-state index in [0.29, 0.717) is 27.8 Å². The van der Waals surface area contributed by atoms with Crippen molar-refractivity contribution in [3.8, 4) is 11.1 Å². The van der Waals surface area contributed by atoms with Gasteiger partial charge < -0.3 is 11.1 Å². The number of hydrogen-bond donors (Lipinski definition) is 2. The topological polar surface area (TPSA) is 103 Å². The van der Waals surface area contributed by atoms with Gasteiger partial charge in [0, 0.05) is 11.6 Å². The third-order valence-corrected chi connectivity index (χ3v) is 6.87. The molecule has 35 heavy (non-hydrogen) atoms. The molecule has 0 aliphatic rings. The van der Waals surface area contributed by atoms with Crippen molar-refractivity contribution in [1.82, 2.24) is 14.8 Å². The van der Waals surface area contributed by atoms with Crippen LogP contribution in [0.3, 0.4) is 0 Å². The van der Waals surface area contributed by atoms with Crippen LogP contribution < -0.4 is 11.1 Å². The number of carbonyl (C=O) groups is 2. The third kappa shape index (κ3) is 4.94. The third-order valence-electron chi connectivity index (χ3n) is 5.37. The number of fused-ring (bicyclic) bond motifs is 1. The van der Waals surface area contributed by atoms with Crippen LogP contribution in [0.2, 0.25) is 0 Å². The fourth-order valence-electron chi connectivity index (χ4n) is 3.68. The molecule has 3 N–H and O–H groups in total. The molecule has 2 amide bonds. The number of aryl methyl sites for hydroxylation is 1. The summed E-state index contributed by atoms with van der Waals surface area (Å²) in [4.78, 5) is 29.1. The molecule has 1 atom stereocenters. The van der Waals surface area contributed by atoms with E-state index in [4.69, 9.17) is 5.73 Å². The minimum Gasteiger partial charge on any atom is -0.365 e. The molecule has 0 spiro atoms. The Labute approximate surface area is 210 Å². The van der Waals surface area contributed by atoms with E-state index in [9.17, 15) is 22.8 Å². The number of alkyl halides is 3. The van der Waals surface area contributed by atoms with Gasteiger partial charge in [0.05, 0.1) is 16.4 Å². The minimum atomic E-state index is -4.71. The first-order valence-electron chi connectivity index (χ1n) is 10.4. The molecule has 12 heteroatoms. The fraction of sp³-hybridized carbons (Fsp3) is 0.217. The molecule has 3 heterocycles. The van der Waals surface area contributed by atoms with E-state index in [1.165, 1.54) is 10.9 Å². The zero-order chi connectivity index (χ0) is 25.5. The zero-order valence-corrected chi connectivity index (χ0v) is 20.9. The van der Waals surface area contributed by atoms with E-state index in [0.717, 1.165) is 11.6 Å². The molecule has 0 saturated heterocycles. The van der Waals surface area contributed by atoms with Crippen molar-refractivity contribution in [2.24, 2.45) is 5.73 Å². The largest absolute Gasteiger partial charge is 0.433 e. The Bertz CT molecular complexity index is 1430. The van der Waals surface area contributed by atoms with Crippen molar-refractivity contribution >= 4 is 55.0 Å². The van der Waals surface area contributed by atoms with Crippen molar-refractivity contribution < 1.29 is 22.8 Å². The number of benzene rings is 1. The van der Waals surface area contributed by atoms with Crippen molar-refractivity contribution in [1.29, 1.82) is 0 Å². The fourth-order valence-corrected chi connectivity index (χ4v) is 4.99. The molecule has 1 aromatic carbocycles. The Balaban J connectivity index is 1.93. The Hall–Kier alpha value is -3.25.